The van der Waals surface area contributed by atoms with Crippen molar-refractivity contribution in [2.75, 3.05) is 0 Å². The molecule has 4 aromatic carbocycles. The summed E-state index contributed by atoms with van der Waals surface area (Å²) >= 11 is 0. The first kappa shape index (κ1) is 15.5. The fraction of sp³-hybridized carbons (Fsp3) is 0. The minimum Gasteiger partial charge on any atom is -0.0616 e. The van der Waals surface area contributed by atoms with E-state index >= 15 is 0 Å². The summed E-state index contributed by atoms with van der Waals surface area (Å²) in [5, 5.41) is 0. The second-order valence-corrected chi connectivity index (χ2v) is 6.18. The highest BCUT2D eigenvalue weighted by Gasteiger charge is 2.20. The zero-order chi connectivity index (χ0) is 15.9. The highest BCUT2D eigenvalue weighted by atomic mass is 14.2. The Morgan fingerprint density at radius 1 is 0.240 bits per heavy atom. The normalized spacial score (nSPS) is 10.9. The van der Waals surface area contributed by atoms with E-state index in [0.29, 0.717) is 0 Å². The Labute approximate surface area is 150 Å². The predicted molar refractivity (Wildman–Crippen MR) is 107 cm³/mol. The molecule has 0 amide bonds. The molecule has 0 aromatic heterocycles. The molecule has 1 aliphatic carbocycles. The van der Waals surface area contributed by atoms with Gasteiger partial charge in [-0.15, -0.1) is 0 Å². The van der Waals surface area contributed by atoms with E-state index in [0.717, 1.165) is 0 Å². The molecular weight excluding hydrogens is 299 g/mol. The molecule has 1 aliphatic rings. The summed E-state index contributed by atoms with van der Waals surface area (Å²) in [6.07, 6.45) is 0. The van der Waals surface area contributed by atoms with Gasteiger partial charge in [0.2, 0.25) is 0 Å². The minimum atomic E-state index is 0. The Balaban J connectivity index is 0.00000157. The van der Waals surface area contributed by atoms with Crippen molar-refractivity contribution >= 4 is 8.41 Å². The van der Waals surface area contributed by atoms with Crippen LogP contribution in [-0.2, 0) is 0 Å². The van der Waals surface area contributed by atoms with E-state index in [-0.39, 0.29) is 8.41 Å². The van der Waals surface area contributed by atoms with Crippen molar-refractivity contribution in [1.82, 2.24) is 0 Å². The van der Waals surface area contributed by atoms with Crippen molar-refractivity contribution in [3.05, 3.63) is 97.1 Å². The van der Waals surface area contributed by atoms with Gasteiger partial charge < -0.3 is 0 Å². The fourth-order valence-electron chi connectivity index (χ4n) is 3.81. The monoisotopic (exact) mass is 315 g/mol. The van der Waals surface area contributed by atoms with Crippen LogP contribution in [0.25, 0.3) is 44.5 Å². The summed E-state index contributed by atoms with van der Waals surface area (Å²) in [6, 6.07) is 34.9. The smallest absolute Gasteiger partial charge is 0 e. The summed E-state index contributed by atoms with van der Waals surface area (Å²) in [6.45, 7) is 0. The first-order chi connectivity index (χ1) is 11.9. The summed E-state index contributed by atoms with van der Waals surface area (Å²) in [5.41, 5.74) is 10.4. The largest absolute Gasteiger partial charge is 0.0616 e. The van der Waals surface area contributed by atoms with Gasteiger partial charge >= 0.3 is 0 Å². The van der Waals surface area contributed by atoms with Crippen molar-refractivity contribution in [3.8, 4) is 44.5 Å². The molecule has 0 fully saturated rings. The zero-order valence-corrected chi connectivity index (χ0v) is 13.8. The van der Waals surface area contributed by atoms with E-state index in [1.807, 2.05) is 0 Å². The van der Waals surface area contributed by atoms with Crippen LogP contribution in [0.1, 0.15) is 0 Å². The van der Waals surface area contributed by atoms with Gasteiger partial charge in [-0.3, -0.25) is 0 Å². The van der Waals surface area contributed by atoms with Crippen LogP contribution in [0, 0.1) is 0 Å². The van der Waals surface area contributed by atoms with Crippen LogP contribution in [0.3, 0.4) is 0 Å². The molecule has 0 aliphatic heterocycles. The van der Waals surface area contributed by atoms with Crippen LogP contribution >= 0.6 is 0 Å². The molecule has 25 heavy (non-hydrogen) atoms. The van der Waals surface area contributed by atoms with E-state index < -0.39 is 0 Å². The Kier molecular flexibility index (Phi) is 3.78. The van der Waals surface area contributed by atoms with E-state index in [1.54, 1.807) is 0 Å². The number of fused-ring (bicyclic) bond motifs is 8. The number of hydrogen-bond acceptors (Lipinski definition) is 0. The van der Waals surface area contributed by atoms with Gasteiger partial charge in [-0.1, -0.05) is 97.1 Å². The lowest BCUT2D eigenvalue weighted by Crippen LogP contribution is -1.96. The molecule has 0 heterocycles. The standard InChI is InChI=1S/C24H16.B/c1-2-10-18-17(9-1)19-11-3-4-13-21(19)23-15-7-8-16-24(23)22-14-6-5-12-20(18)22;/h1-16H;. The van der Waals surface area contributed by atoms with Crippen LogP contribution in [0.4, 0.5) is 0 Å². The van der Waals surface area contributed by atoms with Gasteiger partial charge in [-0.2, -0.15) is 0 Å². The highest BCUT2D eigenvalue weighted by molar-refractivity contribution is 6.02. The molecule has 115 valence electrons. The Morgan fingerprint density at radius 3 is 0.480 bits per heavy atom. The number of rotatable bonds is 0. The van der Waals surface area contributed by atoms with Crippen LogP contribution in [0.2, 0.25) is 0 Å². The molecule has 0 bridgehead atoms. The first-order valence-corrected chi connectivity index (χ1v) is 8.31. The molecule has 0 spiro atoms. The van der Waals surface area contributed by atoms with Crippen molar-refractivity contribution < 1.29 is 0 Å². The summed E-state index contributed by atoms with van der Waals surface area (Å²) in [5.74, 6) is 0. The zero-order valence-electron chi connectivity index (χ0n) is 13.8. The van der Waals surface area contributed by atoms with Crippen LogP contribution in [-0.4, -0.2) is 8.41 Å². The SMILES string of the molecule is [B].c1ccc2c(c1)-c1ccccc1-c1ccccc1-c1ccccc1-2. The minimum absolute atomic E-state index is 0. The van der Waals surface area contributed by atoms with E-state index in [2.05, 4.69) is 97.1 Å². The third-order valence-electron chi connectivity index (χ3n) is 4.87. The van der Waals surface area contributed by atoms with Gasteiger partial charge in [0.25, 0.3) is 0 Å². The van der Waals surface area contributed by atoms with Gasteiger partial charge in [0.05, 0.1) is 0 Å². The van der Waals surface area contributed by atoms with Gasteiger partial charge in [-0.25, -0.2) is 0 Å². The summed E-state index contributed by atoms with van der Waals surface area (Å²) in [7, 11) is 0. The van der Waals surface area contributed by atoms with E-state index in [4.69, 9.17) is 0 Å². The number of benzene rings is 4. The van der Waals surface area contributed by atoms with Gasteiger partial charge in [0.1, 0.15) is 0 Å². The van der Waals surface area contributed by atoms with E-state index in [1.165, 1.54) is 44.5 Å². The Bertz CT molecular complexity index is 776. The topological polar surface area (TPSA) is 0 Å². The molecule has 3 radical (unpaired) electrons. The average Bonchev–Trinajstić information content (AvgIpc) is 2.67. The Hall–Kier alpha value is -3.06. The third-order valence-corrected chi connectivity index (χ3v) is 4.87. The van der Waals surface area contributed by atoms with Crippen molar-refractivity contribution in [2.45, 2.75) is 0 Å². The second kappa shape index (κ2) is 6.10. The van der Waals surface area contributed by atoms with Gasteiger partial charge in [0.15, 0.2) is 0 Å². The molecular formula is C24H16B. The quantitative estimate of drug-likeness (QED) is 0.295. The van der Waals surface area contributed by atoms with Crippen LogP contribution in [0.5, 0.6) is 0 Å². The molecule has 0 saturated carbocycles. The maximum absolute atomic E-state index is 2.24. The van der Waals surface area contributed by atoms with Crippen LogP contribution < -0.4 is 0 Å². The molecule has 0 atom stereocenters. The predicted octanol–water partition coefficient (Wildman–Crippen LogP) is 6.29. The second-order valence-electron chi connectivity index (χ2n) is 6.18. The highest BCUT2D eigenvalue weighted by Crippen LogP contribution is 2.46. The summed E-state index contributed by atoms with van der Waals surface area (Å²) in [4.78, 5) is 0. The van der Waals surface area contributed by atoms with Crippen LogP contribution in [0.15, 0.2) is 97.1 Å². The van der Waals surface area contributed by atoms with Crippen molar-refractivity contribution in [3.63, 3.8) is 0 Å². The lowest BCUT2D eigenvalue weighted by molar-refractivity contribution is 1.52. The first-order valence-electron chi connectivity index (χ1n) is 8.31. The third kappa shape index (κ3) is 2.32. The lowest BCUT2D eigenvalue weighted by Gasteiger charge is -2.22. The van der Waals surface area contributed by atoms with Gasteiger partial charge in [-0.05, 0) is 44.5 Å². The van der Waals surface area contributed by atoms with E-state index in [9.17, 15) is 0 Å². The van der Waals surface area contributed by atoms with Gasteiger partial charge in [0, 0.05) is 8.41 Å². The van der Waals surface area contributed by atoms with Crippen molar-refractivity contribution in [1.29, 1.82) is 0 Å². The number of hydrogen-bond donors (Lipinski definition) is 0. The lowest BCUT2D eigenvalue weighted by atomic mass is 9.81. The molecule has 0 saturated heterocycles. The maximum Gasteiger partial charge on any atom is 0 e. The average molecular weight is 315 g/mol. The molecule has 0 unspecified atom stereocenters. The molecule has 5 rings (SSSR count). The fourth-order valence-corrected chi connectivity index (χ4v) is 3.81. The molecule has 1 heteroatoms. The maximum atomic E-state index is 2.24. The molecule has 0 nitrogen and oxygen atoms in total. The Morgan fingerprint density at radius 2 is 0.360 bits per heavy atom. The molecule has 4 aromatic rings. The van der Waals surface area contributed by atoms with Crippen molar-refractivity contribution in [2.24, 2.45) is 0 Å². The molecule has 0 N–H and O–H groups in total. The summed E-state index contributed by atoms with van der Waals surface area (Å²) < 4.78 is 0.